The molecule has 1 aromatic carbocycles. The van der Waals surface area contributed by atoms with Gasteiger partial charge in [-0.25, -0.2) is 4.79 Å². The van der Waals surface area contributed by atoms with Crippen LogP contribution in [0, 0.1) is 0 Å². The van der Waals surface area contributed by atoms with E-state index in [9.17, 15) is 9.90 Å². The summed E-state index contributed by atoms with van der Waals surface area (Å²) in [4.78, 5) is 12.3. The summed E-state index contributed by atoms with van der Waals surface area (Å²) in [6, 6.07) is 6.47. The average molecular weight is 419 g/mol. The molecule has 0 bridgehead atoms. The number of ether oxygens (including phenoxy) is 3. The van der Waals surface area contributed by atoms with Crippen molar-refractivity contribution in [3.63, 3.8) is 0 Å². The van der Waals surface area contributed by atoms with Crippen LogP contribution < -0.4 is 15.4 Å². The molecule has 3 atom stereocenters. The molecule has 0 unspecified atom stereocenters. The smallest absolute Gasteiger partial charge is 0.319 e. The molecule has 2 aromatic rings. The van der Waals surface area contributed by atoms with Crippen LogP contribution in [0.25, 0.3) is 0 Å². The van der Waals surface area contributed by atoms with Gasteiger partial charge in [0.2, 0.25) is 0 Å². The van der Waals surface area contributed by atoms with Crippen LogP contribution in [0.2, 0.25) is 0 Å². The minimum atomic E-state index is -0.454. The van der Waals surface area contributed by atoms with Gasteiger partial charge in [-0.2, -0.15) is 0 Å². The highest BCUT2D eigenvalue weighted by molar-refractivity contribution is 5.89. The van der Waals surface area contributed by atoms with E-state index in [4.69, 9.17) is 14.2 Å². The minimum absolute atomic E-state index is 0.0140. The minimum Gasteiger partial charge on any atom is -0.497 e. The van der Waals surface area contributed by atoms with E-state index in [1.54, 1.807) is 43.2 Å². The Labute approximate surface area is 175 Å². The number of aryl methyl sites for hydroxylation is 1. The monoisotopic (exact) mass is 419 g/mol. The normalized spacial score (nSPS) is 21.2. The molecule has 1 aromatic heterocycles. The van der Waals surface area contributed by atoms with Crippen molar-refractivity contribution in [1.82, 2.24) is 20.3 Å². The van der Waals surface area contributed by atoms with Crippen molar-refractivity contribution in [2.75, 3.05) is 26.1 Å². The summed E-state index contributed by atoms with van der Waals surface area (Å²) in [6.45, 7) is 0.930. The van der Waals surface area contributed by atoms with Crippen molar-refractivity contribution in [1.29, 1.82) is 0 Å². The molecule has 10 heteroatoms. The lowest BCUT2D eigenvalue weighted by Gasteiger charge is -2.36. The van der Waals surface area contributed by atoms with E-state index in [1.807, 2.05) is 6.20 Å². The number of urea groups is 1. The van der Waals surface area contributed by atoms with Crippen LogP contribution in [-0.2, 0) is 22.6 Å². The molecule has 0 spiro atoms. The maximum Gasteiger partial charge on any atom is 0.319 e. The van der Waals surface area contributed by atoms with Gasteiger partial charge in [0.1, 0.15) is 17.5 Å². The van der Waals surface area contributed by atoms with Crippen LogP contribution in [0.3, 0.4) is 0 Å². The molecule has 1 aliphatic heterocycles. The number of aliphatic hydroxyl groups is 1. The molecule has 1 fully saturated rings. The first kappa shape index (κ1) is 22.0. The molecule has 0 aliphatic carbocycles. The largest absolute Gasteiger partial charge is 0.497 e. The molecule has 1 aliphatic rings. The second-order valence-corrected chi connectivity index (χ2v) is 7.18. The number of methoxy groups -OCH3 is 2. The van der Waals surface area contributed by atoms with Gasteiger partial charge in [-0.15, -0.1) is 5.10 Å². The summed E-state index contributed by atoms with van der Waals surface area (Å²) in [6.07, 6.45) is 3.63. The van der Waals surface area contributed by atoms with Gasteiger partial charge in [0.25, 0.3) is 0 Å². The van der Waals surface area contributed by atoms with E-state index in [0.29, 0.717) is 24.6 Å². The molecule has 0 saturated carbocycles. The molecule has 0 radical (unpaired) electrons. The number of aliphatic hydroxyl groups excluding tert-OH is 1. The number of hydrogen-bond acceptors (Lipinski definition) is 7. The summed E-state index contributed by atoms with van der Waals surface area (Å²) in [5, 5.41) is 23.5. The van der Waals surface area contributed by atoms with Gasteiger partial charge < -0.3 is 30.0 Å². The second kappa shape index (κ2) is 10.9. The van der Waals surface area contributed by atoms with E-state index >= 15 is 0 Å². The molecule has 3 N–H and O–H groups in total. The number of anilines is 1. The Hall–Kier alpha value is -2.69. The lowest BCUT2D eigenvalue weighted by Crippen LogP contribution is -2.52. The number of rotatable bonds is 9. The zero-order valence-electron chi connectivity index (χ0n) is 17.3. The van der Waals surface area contributed by atoms with E-state index in [1.165, 1.54) is 0 Å². The topological polar surface area (TPSA) is 120 Å². The number of amides is 2. The van der Waals surface area contributed by atoms with Gasteiger partial charge in [-0.1, -0.05) is 5.21 Å². The zero-order chi connectivity index (χ0) is 21.3. The summed E-state index contributed by atoms with van der Waals surface area (Å²) in [5.74, 6) is 0.717. The van der Waals surface area contributed by atoms with Crippen LogP contribution in [0.5, 0.6) is 5.75 Å². The highest BCUT2D eigenvalue weighted by Crippen LogP contribution is 2.23. The molecule has 3 rings (SSSR count). The maximum absolute atomic E-state index is 12.3. The van der Waals surface area contributed by atoms with Crippen molar-refractivity contribution >= 4 is 11.7 Å². The molecular formula is C20H29N5O5. The highest BCUT2D eigenvalue weighted by Gasteiger charge is 2.31. The van der Waals surface area contributed by atoms with Crippen molar-refractivity contribution < 1.29 is 24.1 Å². The molecule has 30 heavy (non-hydrogen) atoms. The molecule has 2 amide bonds. The number of hydrogen-bond donors (Lipinski definition) is 3. The van der Waals surface area contributed by atoms with Crippen molar-refractivity contribution in [2.45, 2.75) is 50.7 Å². The molecule has 1 saturated heterocycles. The Balaban J connectivity index is 1.45. The van der Waals surface area contributed by atoms with Gasteiger partial charge in [0, 0.05) is 19.3 Å². The molecular weight excluding hydrogens is 390 g/mol. The maximum atomic E-state index is 12.3. The number of nitrogens with one attached hydrogen (secondary N) is 2. The predicted molar refractivity (Wildman–Crippen MR) is 109 cm³/mol. The number of nitrogens with zero attached hydrogens (tertiary/aromatic N) is 3. The zero-order valence-corrected chi connectivity index (χ0v) is 17.3. The summed E-state index contributed by atoms with van der Waals surface area (Å²) in [7, 11) is 3.21. The Bertz CT molecular complexity index is 797. The number of benzene rings is 1. The quantitative estimate of drug-likeness (QED) is 0.564. The van der Waals surface area contributed by atoms with Crippen LogP contribution in [0.4, 0.5) is 10.5 Å². The summed E-state index contributed by atoms with van der Waals surface area (Å²) < 4.78 is 17.9. The average Bonchev–Trinajstić information content (AvgIpc) is 3.21. The third-order valence-electron chi connectivity index (χ3n) is 5.02. The molecule has 10 nitrogen and oxygen atoms in total. The Morgan fingerprint density at radius 1 is 1.30 bits per heavy atom. The standard InChI is InChI=1S/C20H29N5O5/c1-28-13-15-11-25(24-23-15)10-9-17-7-8-18(19(12-26)30-17)22-20(27)21-14-3-5-16(29-2)6-4-14/h3-6,11,17-19,26H,7-10,12-13H2,1-2H3,(H2,21,22,27)/t17-,18-,19+/m1/s1. The Kier molecular flexibility index (Phi) is 8.00. The van der Waals surface area contributed by atoms with Crippen molar-refractivity contribution in [3.8, 4) is 5.75 Å². The summed E-state index contributed by atoms with van der Waals surface area (Å²) in [5.41, 5.74) is 1.44. The lowest BCUT2D eigenvalue weighted by molar-refractivity contribution is -0.0905. The first-order valence-corrected chi connectivity index (χ1v) is 9.97. The number of carbonyl (C=O) groups is 1. The SMILES string of the molecule is COCc1cn(CC[C@H]2CC[C@@H](NC(=O)Nc3ccc(OC)cc3)[C@H](CO)O2)nn1. The van der Waals surface area contributed by atoms with E-state index in [-0.39, 0.29) is 24.8 Å². The van der Waals surface area contributed by atoms with Gasteiger partial charge in [-0.05, 0) is 43.5 Å². The number of carbonyl (C=O) groups excluding carboxylic acids is 1. The second-order valence-electron chi connectivity index (χ2n) is 7.18. The Morgan fingerprint density at radius 3 is 2.80 bits per heavy atom. The van der Waals surface area contributed by atoms with Crippen LogP contribution in [0.1, 0.15) is 25.0 Å². The van der Waals surface area contributed by atoms with Crippen LogP contribution in [0.15, 0.2) is 30.5 Å². The van der Waals surface area contributed by atoms with Crippen molar-refractivity contribution in [2.24, 2.45) is 0 Å². The fraction of sp³-hybridized carbons (Fsp3) is 0.550. The number of aromatic nitrogens is 3. The Morgan fingerprint density at radius 2 is 2.10 bits per heavy atom. The fourth-order valence-corrected chi connectivity index (χ4v) is 3.46. The van der Waals surface area contributed by atoms with Gasteiger partial charge in [0.05, 0.1) is 38.7 Å². The predicted octanol–water partition coefficient (Wildman–Crippen LogP) is 1.55. The van der Waals surface area contributed by atoms with Gasteiger partial charge in [-0.3, -0.25) is 4.68 Å². The van der Waals surface area contributed by atoms with Crippen molar-refractivity contribution in [3.05, 3.63) is 36.2 Å². The van der Waals surface area contributed by atoms with Gasteiger partial charge in [0.15, 0.2) is 0 Å². The van der Waals surface area contributed by atoms with Crippen LogP contribution >= 0.6 is 0 Å². The first-order valence-electron chi connectivity index (χ1n) is 9.97. The summed E-state index contributed by atoms with van der Waals surface area (Å²) >= 11 is 0. The third kappa shape index (κ3) is 6.15. The van der Waals surface area contributed by atoms with E-state index < -0.39 is 6.10 Å². The third-order valence-corrected chi connectivity index (χ3v) is 5.02. The molecule has 164 valence electrons. The first-order chi connectivity index (χ1) is 14.6. The van der Waals surface area contributed by atoms with Crippen LogP contribution in [-0.4, -0.2) is 65.2 Å². The lowest BCUT2D eigenvalue weighted by atomic mass is 9.97. The van der Waals surface area contributed by atoms with E-state index in [0.717, 1.165) is 25.0 Å². The molecule has 2 heterocycles. The fourth-order valence-electron chi connectivity index (χ4n) is 3.46. The van der Waals surface area contributed by atoms with E-state index in [2.05, 4.69) is 20.9 Å². The highest BCUT2D eigenvalue weighted by atomic mass is 16.5. The van der Waals surface area contributed by atoms with Gasteiger partial charge >= 0.3 is 6.03 Å².